The van der Waals surface area contributed by atoms with Gasteiger partial charge in [-0.2, -0.15) is 5.10 Å². The summed E-state index contributed by atoms with van der Waals surface area (Å²) in [5, 5.41) is 8.76. The molecule has 2 aliphatic rings. The Labute approximate surface area is 142 Å². The van der Waals surface area contributed by atoms with E-state index in [2.05, 4.69) is 27.2 Å². The molecule has 2 aliphatic heterocycles. The third kappa shape index (κ3) is 3.11. The average Bonchev–Trinajstić information content (AvgIpc) is 3.26. The van der Waals surface area contributed by atoms with Gasteiger partial charge in [0.1, 0.15) is 0 Å². The van der Waals surface area contributed by atoms with E-state index in [0.717, 1.165) is 43.3 Å². The lowest BCUT2D eigenvalue weighted by Crippen LogP contribution is -2.24. The molecule has 3 heterocycles. The van der Waals surface area contributed by atoms with Gasteiger partial charge in [0.05, 0.1) is 5.69 Å². The zero-order valence-corrected chi connectivity index (χ0v) is 13.8. The Hall–Kier alpha value is -2.43. The van der Waals surface area contributed by atoms with Crippen LogP contribution in [0, 0.1) is 5.92 Å². The van der Waals surface area contributed by atoms with E-state index < -0.39 is 0 Å². The van der Waals surface area contributed by atoms with E-state index in [-0.39, 0.29) is 5.91 Å². The van der Waals surface area contributed by atoms with Crippen LogP contribution in [0.3, 0.4) is 0 Å². The van der Waals surface area contributed by atoms with Gasteiger partial charge in [-0.3, -0.25) is 4.79 Å². The molecule has 4 rings (SSSR count). The summed E-state index contributed by atoms with van der Waals surface area (Å²) in [6, 6.07) is 14.0. The Bertz CT molecular complexity index is 695. The molecule has 0 spiro atoms. The van der Waals surface area contributed by atoms with Crippen LogP contribution in [-0.4, -0.2) is 35.7 Å². The highest BCUT2D eigenvalue weighted by atomic mass is 16.2. The molecule has 2 saturated heterocycles. The SMILES string of the molecule is O=C1CC(Cc2ccc(N3CCCC3)nn2)CN1c1ccccc1. The molecule has 0 N–H and O–H groups in total. The van der Waals surface area contributed by atoms with Crippen molar-refractivity contribution in [1.82, 2.24) is 10.2 Å². The fourth-order valence-electron chi connectivity index (χ4n) is 3.65. The molecular weight excluding hydrogens is 300 g/mol. The Morgan fingerprint density at radius 3 is 2.50 bits per heavy atom. The van der Waals surface area contributed by atoms with Crippen molar-refractivity contribution in [3.63, 3.8) is 0 Å². The molecule has 1 aromatic carbocycles. The van der Waals surface area contributed by atoms with Crippen molar-refractivity contribution in [2.75, 3.05) is 29.4 Å². The van der Waals surface area contributed by atoms with Gasteiger partial charge in [0.15, 0.2) is 5.82 Å². The van der Waals surface area contributed by atoms with Crippen LogP contribution >= 0.6 is 0 Å². The molecule has 1 aromatic heterocycles. The first-order valence-corrected chi connectivity index (χ1v) is 8.72. The number of nitrogens with zero attached hydrogens (tertiary/aromatic N) is 4. The number of benzene rings is 1. The van der Waals surface area contributed by atoms with Crippen LogP contribution in [0.2, 0.25) is 0 Å². The van der Waals surface area contributed by atoms with Gasteiger partial charge >= 0.3 is 0 Å². The Morgan fingerprint density at radius 2 is 1.79 bits per heavy atom. The topological polar surface area (TPSA) is 49.3 Å². The van der Waals surface area contributed by atoms with E-state index >= 15 is 0 Å². The number of para-hydroxylation sites is 1. The second kappa shape index (κ2) is 6.59. The summed E-state index contributed by atoms with van der Waals surface area (Å²) in [6.07, 6.45) is 3.87. The molecular formula is C19H22N4O. The first kappa shape index (κ1) is 15.1. The molecule has 2 aromatic rings. The molecule has 2 fully saturated rings. The predicted molar refractivity (Wildman–Crippen MR) is 94.1 cm³/mol. The van der Waals surface area contributed by atoms with Crippen molar-refractivity contribution in [3.8, 4) is 0 Å². The van der Waals surface area contributed by atoms with Gasteiger partial charge in [-0.15, -0.1) is 5.10 Å². The quantitative estimate of drug-likeness (QED) is 0.868. The van der Waals surface area contributed by atoms with Gasteiger partial charge < -0.3 is 9.80 Å². The van der Waals surface area contributed by atoms with Gasteiger partial charge in [0.2, 0.25) is 5.91 Å². The molecule has 124 valence electrons. The first-order valence-electron chi connectivity index (χ1n) is 8.72. The fraction of sp³-hybridized carbons (Fsp3) is 0.421. The van der Waals surface area contributed by atoms with E-state index in [1.165, 1.54) is 12.8 Å². The van der Waals surface area contributed by atoms with E-state index in [4.69, 9.17) is 0 Å². The van der Waals surface area contributed by atoms with Crippen molar-refractivity contribution < 1.29 is 4.79 Å². The number of carbonyl (C=O) groups excluding carboxylic acids is 1. The monoisotopic (exact) mass is 322 g/mol. The maximum absolute atomic E-state index is 12.3. The molecule has 0 bridgehead atoms. The number of amides is 1. The molecule has 1 atom stereocenters. The number of hydrogen-bond donors (Lipinski definition) is 0. The highest BCUT2D eigenvalue weighted by molar-refractivity contribution is 5.95. The molecule has 0 radical (unpaired) electrons. The number of anilines is 2. The molecule has 24 heavy (non-hydrogen) atoms. The first-order chi connectivity index (χ1) is 11.8. The van der Waals surface area contributed by atoms with Crippen LogP contribution in [0.1, 0.15) is 25.0 Å². The zero-order chi connectivity index (χ0) is 16.4. The highest BCUT2D eigenvalue weighted by Crippen LogP contribution is 2.27. The molecule has 1 amide bonds. The van der Waals surface area contributed by atoms with E-state index in [0.29, 0.717) is 12.3 Å². The van der Waals surface area contributed by atoms with Gasteiger partial charge in [-0.25, -0.2) is 0 Å². The van der Waals surface area contributed by atoms with Gasteiger partial charge in [0.25, 0.3) is 0 Å². The smallest absolute Gasteiger partial charge is 0.227 e. The number of aromatic nitrogens is 2. The van der Waals surface area contributed by atoms with Crippen LogP contribution in [-0.2, 0) is 11.2 Å². The lowest BCUT2D eigenvalue weighted by Gasteiger charge is -2.17. The largest absolute Gasteiger partial charge is 0.355 e. The second-order valence-corrected chi connectivity index (χ2v) is 6.69. The summed E-state index contributed by atoms with van der Waals surface area (Å²) in [5.74, 6) is 1.49. The van der Waals surface area contributed by atoms with Crippen molar-refractivity contribution in [1.29, 1.82) is 0 Å². The summed E-state index contributed by atoms with van der Waals surface area (Å²) < 4.78 is 0. The molecule has 1 unspecified atom stereocenters. The van der Waals surface area contributed by atoms with E-state index in [1.807, 2.05) is 35.2 Å². The fourth-order valence-corrected chi connectivity index (χ4v) is 3.65. The third-order valence-corrected chi connectivity index (χ3v) is 4.91. The minimum absolute atomic E-state index is 0.202. The zero-order valence-electron chi connectivity index (χ0n) is 13.8. The normalized spacial score (nSPS) is 20.8. The maximum atomic E-state index is 12.3. The summed E-state index contributed by atoms with van der Waals surface area (Å²) in [6.45, 7) is 2.92. The lowest BCUT2D eigenvalue weighted by atomic mass is 10.0. The standard InChI is InChI=1S/C19H22N4O/c24-19-13-15(14-23(19)17-6-2-1-3-7-17)12-16-8-9-18(21-20-16)22-10-4-5-11-22/h1-3,6-9,15H,4-5,10-14H2. The van der Waals surface area contributed by atoms with Gasteiger partial charge in [0, 0.05) is 31.7 Å². The van der Waals surface area contributed by atoms with Crippen molar-refractivity contribution >= 4 is 17.4 Å². The van der Waals surface area contributed by atoms with Crippen molar-refractivity contribution in [3.05, 3.63) is 48.2 Å². The molecule has 5 nitrogen and oxygen atoms in total. The van der Waals surface area contributed by atoms with E-state index in [9.17, 15) is 4.79 Å². The van der Waals surface area contributed by atoms with Crippen LogP contribution in [0.4, 0.5) is 11.5 Å². The third-order valence-electron chi connectivity index (χ3n) is 4.91. The lowest BCUT2D eigenvalue weighted by molar-refractivity contribution is -0.117. The molecule has 5 heteroatoms. The Kier molecular flexibility index (Phi) is 4.15. The van der Waals surface area contributed by atoms with Crippen LogP contribution in [0.5, 0.6) is 0 Å². The summed E-state index contributed by atoms with van der Waals surface area (Å²) in [7, 11) is 0. The Morgan fingerprint density at radius 1 is 1.00 bits per heavy atom. The van der Waals surface area contributed by atoms with Crippen LogP contribution < -0.4 is 9.80 Å². The van der Waals surface area contributed by atoms with Crippen LogP contribution in [0.25, 0.3) is 0 Å². The summed E-state index contributed by atoms with van der Waals surface area (Å²) >= 11 is 0. The minimum atomic E-state index is 0.202. The number of carbonyl (C=O) groups is 1. The summed E-state index contributed by atoms with van der Waals surface area (Å²) in [5.41, 5.74) is 1.96. The van der Waals surface area contributed by atoms with E-state index in [1.54, 1.807) is 0 Å². The average molecular weight is 322 g/mol. The van der Waals surface area contributed by atoms with Crippen molar-refractivity contribution in [2.24, 2.45) is 5.92 Å². The maximum Gasteiger partial charge on any atom is 0.227 e. The minimum Gasteiger partial charge on any atom is -0.355 e. The highest BCUT2D eigenvalue weighted by Gasteiger charge is 2.30. The number of rotatable bonds is 4. The summed E-state index contributed by atoms with van der Waals surface area (Å²) in [4.78, 5) is 16.5. The molecule has 0 aliphatic carbocycles. The molecule has 0 saturated carbocycles. The number of hydrogen-bond acceptors (Lipinski definition) is 4. The van der Waals surface area contributed by atoms with Gasteiger partial charge in [-0.1, -0.05) is 18.2 Å². The van der Waals surface area contributed by atoms with Crippen LogP contribution in [0.15, 0.2) is 42.5 Å². The Balaban J connectivity index is 1.40. The van der Waals surface area contributed by atoms with Crippen molar-refractivity contribution in [2.45, 2.75) is 25.7 Å². The van der Waals surface area contributed by atoms with Gasteiger partial charge in [-0.05, 0) is 49.4 Å². The second-order valence-electron chi connectivity index (χ2n) is 6.69. The predicted octanol–water partition coefficient (Wildman–Crippen LogP) is 2.67.